The van der Waals surface area contributed by atoms with E-state index in [0.29, 0.717) is 0 Å². The van der Waals surface area contributed by atoms with Crippen LogP contribution in [0.1, 0.15) is 34.6 Å². The molecule has 0 atom stereocenters. The van der Waals surface area contributed by atoms with Gasteiger partial charge >= 0.3 is 0 Å². The average molecular weight is 245 g/mol. The first-order valence-corrected chi connectivity index (χ1v) is 8.77. The van der Waals surface area contributed by atoms with Crippen molar-refractivity contribution in [2.24, 2.45) is 0 Å². The third-order valence-corrected chi connectivity index (χ3v) is 9.40. The number of rotatable bonds is 8. The van der Waals surface area contributed by atoms with Gasteiger partial charge in [0.15, 0.2) is 0 Å². The topological polar surface area (TPSA) is 9.72 Å². The van der Waals surface area contributed by atoms with Crippen LogP contribution in [0.4, 0.5) is 0 Å². The Morgan fingerprint density at radius 2 is 1.00 bits per heavy atom. The van der Waals surface area contributed by atoms with Crippen LogP contribution in [0.3, 0.4) is 0 Å². The average Bonchev–Trinajstić information content (AvgIpc) is 2.29. The molecule has 0 aromatic rings. The third kappa shape index (κ3) is 2.86. The summed E-state index contributed by atoms with van der Waals surface area (Å²) in [5.74, 6) is 0. The fourth-order valence-electron chi connectivity index (χ4n) is 2.99. The van der Waals surface area contributed by atoms with Crippen LogP contribution in [-0.4, -0.2) is 62.5 Å². The van der Waals surface area contributed by atoms with E-state index in [4.69, 9.17) is 0 Å². The van der Waals surface area contributed by atoms with Crippen molar-refractivity contribution in [2.45, 2.75) is 40.7 Å². The lowest BCUT2D eigenvalue weighted by atomic mass is 10.7. The molecular weight excluding hydrogens is 214 g/mol. The predicted molar refractivity (Wildman–Crippen MR) is 75.8 cm³/mol. The lowest BCUT2D eigenvalue weighted by molar-refractivity contribution is 0.290. The first-order chi connectivity index (χ1) is 7.54. The van der Waals surface area contributed by atoms with Crippen LogP contribution in [0.5, 0.6) is 0 Å². The summed E-state index contributed by atoms with van der Waals surface area (Å²) in [4.78, 5) is 0. The Bertz CT molecular complexity index is 165. The van der Waals surface area contributed by atoms with Crippen LogP contribution in [0.25, 0.3) is 0 Å². The summed E-state index contributed by atoms with van der Waals surface area (Å²) in [5, 5.41) is 0. The minimum absolute atomic E-state index is 1.16. The SMILES string of the molecule is CCN(CC)[Si](CC)(N(C)C)N(CC)CC. The number of hydrogen-bond acceptors (Lipinski definition) is 3. The van der Waals surface area contributed by atoms with Gasteiger partial charge in [0.1, 0.15) is 0 Å². The molecule has 16 heavy (non-hydrogen) atoms. The van der Waals surface area contributed by atoms with Crippen LogP contribution in [0.15, 0.2) is 0 Å². The van der Waals surface area contributed by atoms with Crippen LogP contribution in [0.2, 0.25) is 6.04 Å². The van der Waals surface area contributed by atoms with E-state index in [1.807, 2.05) is 0 Å². The molecule has 0 aromatic carbocycles. The largest absolute Gasteiger partial charge is 0.305 e. The molecule has 0 aliphatic carbocycles. The van der Waals surface area contributed by atoms with Crippen molar-refractivity contribution in [3.63, 3.8) is 0 Å². The Labute approximate surface area is 104 Å². The Hall–Kier alpha value is 0.0969. The van der Waals surface area contributed by atoms with E-state index in [1.54, 1.807) is 0 Å². The fourth-order valence-corrected chi connectivity index (χ4v) is 8.07. The molecule has 0 N–H and O–H groups in total. The van der Waals surface area contributed by atoms with Crippen molar-refractivity contribution in [1.29, 1.82) is 0 Å². The molecule has 0 aromatic heterocycles. The molecule has 98 valence electrons. The normalized spacial score (nSPS) is 13.1. The molecule has 0 radical (unpaired) electrons. The lowest BCUT2D eigenvalue weighted by Gasteiger charge is -2.51. The second kappa shape index (κ2) is 7.43. The van der Waals surface area contributed by atoms with Gasteiger partial charge in [-0.2, -0.15) is 0 Å². The van der Waals surface area contributed by atoms with Gasteiger partial charge in [0.05, 0.1) is 0 Å². The van der Waals surface area contributed by atoms with E-state index in [9.17, 15) is 0 Å². The summed E-state index contributed by atoms with van der Waals surface area (Å²) in [5.41, 5.74) is 0. The molecule has 0 aliphatic rings. The summed E-state index contributed by atoms with van der Waals surface area (Å²) in [6.45, 7) is 16.1. The van der Waals surface area contributed by atoms with Crippen molar-refractivity contribution >= 4 is 8.56 Å². The first-order valence-electron chi connectivity index (χ1n) is 6.72. The maximum atomic E-state index is 2.69. The molecule has 0 saturated carbocycles. The molecule has 0 rings (SSSR count). The molecule has 0 bridgehead atoms. The molecule has 0 heterocycles. The fraction of sp³-hybridized carbons (Fsp3) is 1.00. The number of hydrogen-bond donors (Lipinski definition) is 0. The van der Waals surface area contributed by atoms with Crippen LogP contribution in [0, 0.1) is 0 Å². The van der Waals surface area contributed by atoms with Crippen LogP contribution >= 0.6 is 0 Å². The van der Waals surface area contributed by atoms with E-state index < -0.39 is 8.56 Å². The van der Waals surface area contributed by atoms with E-state index in [0.717, 1.165) is 26.2 Å². The highest BCUT2D eigenvalue weighted by molar-refractivity contribution is 6.71. The number of nitrogens with zero attached hydrogens (tertiary/aromatic N) is 3. The highest BCUT2D eigenvalue weighted by Crippen LogP contribution is 2.22. The predicted octanol–water partition coefficient (Wildman–Crippen LogP) is 2.19. The van der Waals surface area contributed by atoms with Crippen LogP contribution < -0.4 is 0 Å². The maximum absolute atomic E-state index is 2.69. The first kappa shape index (κ1) is 16.1. The maximum Gasteiger partial charge on any atom is 0.288 e. The van der Waals surface area contributed by atoms with E-state index in [1.165, 1.54) is 6.04 Å². The molecule has 0 saturated heterocycles. The zero-order chi connectivity index (χ0) is 12.8. The van der Waals surface area contributed by atoms with Gasteiger partial charge in [0.2, 0.25) is 0 Å². The van der Waals surface area contributed by atoms with Gasteiger partial charge in [-0.3, -0.25) is 9.13 Å². The molecule has 0 aliphatic heterocycles. The second-order valence-corrected chi connectivity index (χ2v) is 8.78. The van der Waals surface area contributed by atoms with Gasteiger partial charge < -0.3 is 4.57 Å². The molecule has 3 nitrogen and oxygen atoms in total. The zero-order valence-electron chi connectivity index (χ0n) is 12.4. The highest BCUT2D eigenvalue weighted by Gasteiger charge is 2.44. The molecule has 4 heteroatoms. The van der Waals surface area contributed by atoms with Gasteiger partial charge in [0, 0.05) is 0 Å². The Morgan fingerprint density at radius 3 is 1.12 bits per heavy atom. The second-order valence-electron chi connectivity index (χ2n) is 4.37. The van der Waals surface area contributed by atoms with E-state index >= 15 is 0 Å². The minimum atomic E-state index is -1.61. The Kier molecular flexibility index (Phi) is 7.47. The summed E-state index contributed by atoms with van der Waals surface area (Å²) in [6.07, 6.45) is 0. The van der Waals surface area contributed by atoms with Crippen molar-refractivity contribution in [2.75, 3.05) is 40.3 Å². The minimum Gasteiger partial charge on any atom is -0.305 e. The highest BCUT2D eigenvalue weighted by atomic mass is 28.4. The standard InChI is InChI=1S/C12H31N3Si/c1-8-14(9-2)16(12-5,13(6)7)15(10-3)11-4/h8-12H2,1-7H3. The van der Waals surface area contributed by atoms with Gasteiger partial charge in [0.25, 0.3) is 8.56 Å². The Morgan fingerprint density at radius 1 is 0.688 bits per heavy atom. The van der Waals surface area contributed by atoms with Crippen molar-refractivity contribution in [3.05, 3.63) is 0 Å². The molecular formula is C12H31N3Si. The molecule has 0 amide bonds. The summed E-state index contributed by atoms with van der Waals surface area (Å²) in [7, 11) is 2.91. The monoisotopic (exact) mass is 245 g/mol. The van der Waals surface area contributed by atoms with Gasteiger partial charge in [-0.05, 0) is 46.3 Å². The van der Waals surface area contributed by atoms with Crippen molar-refractivity contribution in [3.8, 4) is 0 Å². The summed E-state index contributed by atoms with van der Waals surface area (Å²) >= 11 is 0. The quantitative estimate of drug-likeness (QED) is 0.607. The summed E-state index contributed by atoms with van der Waals surface area (Å²) in [6, 6.07) is 1.27. The van der Waals surface area contributed by atoms with Gasteiger partial charge in [-0.25, -0.2) is 0 Å². The van der Waals surface area contributed by atoms with E-state index in [-0.39, 0.29) is 0 Å². The van der Waals surface area contributed by atoms with E-state index in [2.05, 4.69) is 62.4 Å². The Balaban J connectivity index is 5.27. The van der Waals surface area contributed by atoms with Crippen molar-refractivity contribution < 1.29 is 0 Å². The van der Waals surface area contributed by atoms with Gasteiger partial charge in [-0.15, -0.1) is 0 Å². The zero-order valence-corrected chi connectivity index (χ0v) is 13.4. The third-order valence-electron chi connectivity index (χ3n) is 3.73. The van der Waals surface area contributed by atoms with Crippen LogP contribution in [-0.2, 0) is 0 Å². The smallest absolute Gasteiger partial charge is 0.288 e. The molecule has 0 unspecified atom stereocenters. The van der Waals surface area contributed by atoms with Crippen molar-refractivity contribution in [1.82, 2.24) is 13.7 Å². The summed E-state index contributed by atoms with van der Waals surface area (Å²) < 4.78 is 7.90. The van der Waals surface area contributed by atoms with Gasteiger partial charge in [-0.1, -0.05) is 34.6 Å². The molecule has 0 fully saturated rings. The molecule has 0 spiro atoms. The lowest BCUT2D eigenvalue weighted by Crippen LogP contribution is -2.73.